The van der Waals surface area contributed by atoms with Crippen LogP contribution in [-0.4, -0.2) is 9.97 Å². The van der Waals surface area contributed by atoms with E-state index >= 15 is 0 Å². The van der Waals surface area contributed by atoms with Crippen molar-refractivity contribution in [3.63, 3.8) is 0 Å². The van der Waals surface area contributed by atoms with E-state index in [0.717, 1.165) is 65.9 Å². The molecule has 7 heteroatoms. The van der Waals surface area contributed by atoms with Gasteiger partial charge in [-0.2, -0.15) is 0 Å². The minimum absolute atomic E-state index is 0. The predicted molar refractivity (Wildman–Crippen MR) is 217 cm³/mol. The Kier molecular flexibility index (Phi) is 12.5. The van der Waals surface area contributed by atoms with Crippen molar-refractivity contribution in [2.45, 2.75) is 13.8 Å². The number of nitrogens with zero attached hydrogens (tertiary/aromatic N) is 2. The number of benzene rings is 6. The van der Waals surface area contributed by atoms with E-state index in [1.54, 1.807) is 0 Å². The molecule has 0 spiro atoms. The van der Waals surface area contributed by atoms with Gasteiger partial charge in [0.05, 0.1) is 11.4 Å². The van der Waals surface area contributed by atoms with Crippen LogP contribution in [0.4, 0.5) is 0 Å². The number of aromatic nitrogens is 2. The molecule has 2 heterocycles. The summed E-state index contributed by atoms with van der Waals surface area (Å²) in [7, 11) is 0. The number of thiazole rings is 2. The largest absolute Gasteiger partial charge is 4.00 e. The Morgan fingerprint density at radius 1 is 0.415 bits per heavy atom. The molecule has 2 aromatic heterocycles. The summed E-state index contributed by atoms with van der Waals surface area (Å²) in [5.41, 5.74) is 11.6. The van der Waals surface area contributed by atoms with Crippen molar-refractivity contribution in [3.8, 4) is 88.5 Å². The van der Waals surface area contributed by atoms with Crippen LogP contribution in [0.1, 0.15) is 11.1 Å². The number of rotatable bonds is 7. The van der Waals surface area contributed by atoms with Crippen LogP contribution in [0, 0.1) is 28.7 Å². The number of aryl methyl sites for hydroxylation is 2. The molecule has 6 aromatic carbocycles. The monoisotopic (exact) mass is 892 g/mol. The zero-order valence-electron chi connectivity index (χ0n) is 29.9. The number of hydrogen-bond donors (Lipinski definition) is 0. The maximum absolute atomic E-state index is 13.9. The van der Waals surface area contributed by atoms with Gasteiger partial charge in [0.2, 0.25) is 0 Å². The van der Waals surface area contributed by atoms with Gasteiger partial charge in [-0.3, -0.25) is 0 Å². The molecule has 0 bridgehead atoms. The van der Waals surface area contributed by atoms with Crippen molar-refractivity contribution in [2.24, 2.45) is 0 Å². The Balaban J connectivity index is 0.00000180. The Bertz CT molecular complexity index is 2320. The summed E-state index contributed by atoms with van der Waals surface area (Å²) >= 11 is 3.06. The second kappa shape index (κ2) is 16.8. The molecule has 0 N–H and O–H groups in total. The zero-order valence-corrected chi connectivity index (χ0v) is 35.1. The normalized spacial score (nSPS) is 10.5. The van der Waals surface area contributed by atoms with Gasteiger partial charge in [0, 0.05) is 21.9 Å². The molecular weight excluding hydrogens is 855 g/mol. The van der Waals surface area contributed by atoms with Crippen LogP contribution in [0.2, 0.25) is 0 Å². The fraction of sp³-hybridized carbons (Fsp3) is 0.0435. The fourth-order valence-electron chi connectivity index (χ4n) is 6.48. The van der Waals surface area contributed by atoms with Gasteiger partial charge in [-0.1, -0.05) is 145 Å². The van der Waals surface area contributed by atoms with Gasteiger partial charge in [-0.15, -0.1) is 22.7 Å². The summed E-state index contributed by atoms with van der Waals surface area (Å²) in [5, 5.41) is 33.4. The van der Waals surface area contributed by atoms with Crippen molar-refractivity contribution in [1.29, 1.82) is 0 Å². The molecule has 258 valence electrons. The Labute approximate surface area is 339 Å². The third kappa shape index (κ3) is 7.74. The van der Waals surface area contributed by atoms with E-state index in [4.69, 9.17) is 9.97 Å². The minimum Gasteiger partial charge on any atom is -0.872 e. The summed E-state index contributed by atoms with van der Waals surface area (Å²) in [6, 6.07) is 43.4. The molecule has 0 unspecified atom stereocenters. The van der Waals surface area contributed by atoms with Crippen LogP contribution in [0.15, 0.2) is 144 Å². The first-order valence-electron chi connectivity index (χ1n) is 16.3. The van der Waals surface area contributed by atoms with E-state index in [0.29, 0.717) is 22.3 Å². The first kappa shape index (κ1) is 39.3. The van der Waals surface area contributed by atoms with Gasteiger partial charge in [-0.25, -0.2) is 9.97 Å². The van der Waals surface area contributed by atoms with Crippen LogP contribution in [0.5, 0.6) is 11.5 Å². The standard InChI is InChI=1S/C44H32N2O2S2.2CH3.Hf/c1-27-21-35(29-13-5-3-6-14-29)41(47)37(23-27)31-17-9-11-19-33(31)39-25-49-43(45-39)44-46-40(26-50-44)34-20-12-10-18-32(34)38-24-28(2)22-36(42(38)48)30-15-7-4-8-16-30;;;/h3-26,47-48H,1-2H3;2*1H3;/q;2*-1;+4/p-2. The van der Waals surface area contributed by atoms with Crippen LogP contribution in [0.25, 0.3) is 77.0 Å². The van der Waals surface area contributed by atoms with Gasteiger partial charge in [0.25, 0.3) is 0 Å². The minimum atomic E-state index is -0.00123. The van der Waals surface area contributed by atoms with Gasteiger partial charge >= 0.3 is 25.8 Å². The van der Waals surface area contributed by atoms with E-state index < -0.39 is 0 Å². The third-order valence-electron chi connectivity index (χ3n) is 8.81. The van der Waals surface area contributed by atoms with Crippen LogP contribution < -0.4 is 10.2 Å². The average molecular weight is 891 g/mol. The molecule has 8 rings (SSSR count). The predicted octanol–water partition coefficient (Wildman–Crippen LogP) is 11.9. The van der Waals surface area contributed by atoms with Crippen LogP contribution >= 0.6 is 22.7 Å². The second-order valence-electron chi connectivity index (χ2n) is 12.3. The molecule has 0 atom stereocenters. The maximum atomic E-state index is 13.9. The molecule has 0 fully saturated rings. The Hall–Kier alpha value is -4.95. The molecule has 0 aliphatic rings. The molecule has 0 aliphatic heterocycles. The first-order valence-corrected chi connectivity index (χ1v) is 18.1. The summed E-state index contributed by atoms with van der Waals surface area (Å²) in [5.74, 6) is -0.00246. The van der Waals surface area contributed by atoms with Crippen molar-refractivity contribution < 1.29 is 36.1 Å². The quantitative estimate of drug-likeness (QED) is 0.118. The van der Waals surface area contributed by atoms with Crippen molar-refractivity contribution in [2.75, 3.05) is 0 Å². The molecule has 8 aromatic rings. The summed E-state index contributed by atoms with van der Waals surface area (Å²) in [6.45, 7) is 4.05. The molecule has 0 radical (unpaired) electrons. The second-order valence-corrected chi connectivity index (χ2v) is 14.0. The molecule has 0 saturated carbocycles. The van der Waals surface area contributed by atoms with Crippen molar-refractivity contribution in [1.82, 2.24) is 9.97 Å². The SMILES string of the molecule is Cc1cc(-c2ccccc2)c([O-])c(-c2ccccc2-c2csc(-c3nc(-c4ccccc4-c4cc(C)cc(-c5ccccc5)c4[O-])cs3)n2)c1.[CH3-].[CH3-].[Hf+4]. The fourth-order valence-corrected chi connectivity index (χ4v) is 8.17. The van der Waals surface area contributed by atoms with E-state index in [1.165, 1.54) is 22.7 Å². The van der Waals surface area contributed by atoms with E-state index in [-0.39, 0.29) is 52.2 Å². The summed E-state index contributed by atoms with van der Waals surface area (Å²) in [6.07, 6.45) is 0. The smallest absolute Gasteiger partial charge is 0.872 e. The Morgan fingerprint density at radius 3 is 1.11 bits per heavy atom. The average Bonchev–Trinajstić information content (AvgIpc) is 3.85. The third-order valence-corrected chi connectivity index (χ3v) is 10.6. The summed E-state index contributed by atoms with van der Waals surface area (Å²) < 4.78 is 0. The van der Waals surface area contributed by atoms with Crippen molar-refractivity contribution >= 4 is 22.7 Å². The first-order chi connectivity index (χ1) is 24.4. The maximum Gasteiger partial charge on any atom is 4.00 e. The molecule has 0 aliphatic carbocycles. The van der Waals surface area contributed by atoms with Gasteiger partial charge in [0.15, 0.2) is 10.0 Å². The number of hydrogen-bond acceptors (Lipinski definition) is 6. The molecular formula is C46H36HfN2O2S2. The van der Waals surface area contributed by atoms with Gasteiger partial charge in [0.1, 0.15) is 0 Å². The summed E-state index contributed by atoms with van der Waals surface area (Å²) in [4.78, 5) is 10.1. The van der Waals surface area contributed by atoms with Crippen LogP contribution in [-0.2, 0) is 25.8 Å². The van der Waals surface area contributed by atoms with Gasteiger partial charge in [-0.05, 0) is 69.5 Å². The zero-order chi connectivity index (χ0) is 34.2. The molecule has 53 heavy (non-hydrogen) atoms. The van der Waals surface area contributed by atoms with E-state index in [9.17, 15) is 10.2 Å². The molecule has 4 nitrogen and oxygen atoms in total. The molecule has 0 amide bonds. The van der Waals surface area contributed by atoms with E-state index in [2.05, 4.69) is 0 Å². The molecule has 0 saturated heterocycles. The Morgan fingerprint density at radius 2 is 0.736 bits per heavy atom. The van der Waals surface area contributed by atoms with E-state index in [1.807, 2.05) is 158 Å². The van der Waals surface area contributed by atoms with Gasteiger partial charge < -0.3 is 25.1 Å². The van der Waals surface area contributed by atoms with Crippen molar-refractivity contribution in [3.05, 3.63) is 170 Å². The van der Waals surface area contributed by atoms with Crippen LogP contribution in [0.3, 0.4) is 0 Å². The topological polar surface area (TPSA) is 71.9 Å².